The van der Waals surface area contributed by atoms with Gasteiger partial charge in [0, 0.05) is 25.7 Å². The fourth-order valence-corrected chi connectivity index (χ4v) is 14.2. The highest BCUT2D eigenvalue weighted by Gasteiger charge is 2.30. The van der Waals surface area contributed by atoms with Gasteiger partial charge >= 0.3 is 39.5 Å². The Morgan fingerprint density at radius 3 is 0.752 bits per heavy atom. The van der Waals surface area contributed by atoms with Gasteiger partial charge in [0.05, 0.1) is 26.4 Å². The van der Waals surface area contributed by atoms with Crippen LogP contribution in [-0.4, -0.2) is 96.7 Å². The van der Waals surface area contributed by atoms with Gasteiger partial charge in [-0.25, -0.2) is 9.13 Å². The normalized spacial score (nSPS) is 14.5. The third-order valence-corrected chi connectivity index (χ3v) is 21.8. The van der Waals surface area contributed by atoms with Gasteiger partial charge in [-0.05, 0) is 43.4 Å². The number of ether oxygens (including phenoxy) is 4. The van der Waals surface area contributed by atoms with Gasteiger partial charge in [-0.15, -0.1) is 0 Å². The van der Waals surface area contributed by atoms with Gasteiger partial charge in [-0.1, -0.05) is 376 Å². The van der Waals surface area contributed by atoms with Crippen LogP contribution in [0.1, 0.15) is 427 Å². The zero-order valence-electron chi connectivity index (χ0n) is 66.4. The summed E-state index contributed by atoms with van der Waals surface area (Å²) < 4.78 is 68.8. The SMILES string of the molecule is CCCCCCCCCCCCCCCCC(=O)O[C@H](COC(=O)CCCCCCCCC(C)CC)COP(=O)(O)OC[C@H](O)COP(=O)(O)OC[C@@H](COC(=O)CCCCCCCCCCCCCCCCC(C)CC)OC(=O)CCCCCCCCCCCCCCCCCCC(C)C. The third kappa shape index (κ3) is 73.4. The van der Waals surface area contributed by atoms with Crippen molar-refractivity contribution in [1.82, 2.24) is 0 Å². The van der Waals surface area contributed by atoms with Crippen LogP contribution >= 0.6 is 15.6 Å². The van der Waals surface area contributed by atoms with Crippen LogP contribution in [0.5, 0.6) is 0 Å². The lowest BCUT2D eigenvalue weighted by Gasteiger charge is -2.21. The van der Waals surface area contributed by atoms with E-state index in [9.17, 15) is 43.2 Å². The Bertz CT molecular complexity index is 1960. The minimum absolute atomic E-state index is 0.107. The molecule has 7 atom stereocenters. The van der Waals surface area contributed by atoms with Crippen LogP contribution in [0, 0.1) is 17.8 Å². The van der Waals surface area contributed by atoms with Crippen LogP contribution in [0.3, 0.4) is 0 Å². The first kappa shape index (κ1) is 99.1. The average Bonchev–Trinajstić information content (AvgIpc) is 0.916. The summed E-state index contributed by atoms with van der Waals surface area (Å²) in [5, 5.41) is 10.6. The van der Waals surface area contributed by atoms with E-state index in [0.717, 1.165) is 114 Å². The number of hydrogen-bond acceptors (Lipinski definition) is 15. The Hall–Kier alpha value is -1.94. The molecule has 19 heteroatoms. The van der Waals surface area contributed by atoms with Crippen LogP contribution < -0.4 is 0 Å². The molecule has 3 N–H and O–H groups in total. The van der Waals surface area contributed by atoms with Crippen LogP contribution in [0.4, 0.5) is 0 Å². The summed E-state index contributed by atoms with van der Waals surface area (Å²) in [7, 11) is -9.92. The monoisotopic (exact) mass is 1480 g/mol. The quantitative estimate of drug-likeness (QED) is 0.0222. The molecule has 0 heterocycles. The zero-order valence-corrected chi connectivity index (χ0v) is 68.2. The molecular formula is C82H160O17P2. The molecule has 0 spiro atoms. The van der Waals surface area contributed by atoms with Gasteiger partial charge in [0.1, 0.15) is 19.3 Å². The van der Waals surface area contributed by atoms with Crippen LogP contribution in [0.25, 0.3) is 0 Å². The Morgan fingerprint density at radius 1 is 0.287 bits per heavy atom. The predicted octanol–water partition coefficient (Wildman–Crippen LogP) is 24.5. The van der Waals surface area contributed by atoms with E-state index in [1.165, 1.54) is 231 Å². The van der Waals surface area contributed by atoms with E-state index < -0.39 is 97.5 Å². The minimum atomic E-state index is -4.96. The van der Waals surface area contributed by atoms with Crippen molar-refractivity contribution in [3.05, 3.63) is 0 Å². The molecule has 0 aliphatic heterocycles. The number of carbonyl (C=O) groups excluding carboxylic acids is 4. The van der Waals surface area contributed by atoms with Crippen molar-refractivity contribution >= 4 is 39.5 Å². The highest BCUT2D eigenvalue weighted by atomic mass is 31.2. The maximum absolute atomic E-state index is 13.1. The number of aliphatic hydroxyl groups excluding tert-OH is 1. The van der Waals surface area contributed by atoms with Gasteiger partial charge in [0.15, 0.2) is 12.2 Å². The fourth-order valence-electron chi connectivity index (χ4n) is 12.6. The van der Waals surface area contributed by atoms with Gasteiger partial charge in [0.25, 0.3) is 0 Å². The lowest BCUT2D eigenvalue weighted by molar-refractivity contribution is -0.161. The first-order valence-electron chi connectivity index (χ1n) is 42.4. The van der Waals surface area contributed by atoms with E-state index >= 15 is 0 Å². The molecule has 0 saturated heterocycles. The van der Waals surface area contributed by atoms with Gasteiger partial charge in [-0.3, -0.25) is 37.3 Å². The summed E-state index contributed by atoms with van der Waals surface area (Å²) in [5.74, 6) is 0.281. The van der Waals surface area contributed by atoms with E-state index in [2.05, 4.69) is 48.5 Å². The molecule has 0 saturated carbocycles. The molecule has 0 aromatic heterocycles. The van der Waals surface area contributed by atoms with Crippen molar-refractivity contribution < 1.29 is 80.2 Å². The number of phosphoric acid groups is 2. The first-order valence-corrected chi connectivity index (χ1v) is 45.4. The summed E-state index contributed by atoms with van der Waals surface area (Å²) in [6.07, 6.45) is 61.0. The number of esters is 4. The Balaban J connectivity index is 5.24. The van der Waals surface area contributed by atoms with E-state index in [1.54, 1.807) is 0 Å². The molecule has 0 aliphatic carbocycles. The molecule has 0 aliphatic rings. The summed E-state index contributed by atoms with van der Waals surface area (Å²) in [6.45, 7) is 12.0. The Kier molecular flexibility index (Phi) is 70.9. The summed E-state index contributed by atoms with van der Waals surface area (Å²) >= 11 is 0. The van der Waals surface area contributed by atoms with Crippen molar-refractivity contribution in [2.45, 2.75) is 446 Å². The second-order valence-corrected chi connectivity index (χ2v) is 33.4. The van der Waals surface area contributed by atoms with Crippen molar-refractivity contribution in [2.24, 2.45) is 17.8 Å². The molecule has 0 fully saturated rings. The molecule has 0 rings (SSSR count). The standard InChI is InChI=1S/C82H160O17P2/c1-8-11-12-13-14-15-16-17-26-32-37-42-51-58-65-82(87)99-78(70-93-80(85)64-57-50-45-44-48-55-62-75(7)10-3)72-97-101(90,91)95-68-76(83)67-94-100(88,89)96-71-77(69-92-79(84)63-56-49-41-36-31-27-23-22-25-30-35-40-47-54-61-74(6)9-2)98-81(86)66-59-52-43-38-33-28-21-19-18-20-24-29-34-39-46-53-60-73(4)5/h73-78,83H,8-72H2,1-7H3,(H,88,89)(H,90,91)/t74?,75?,76-,77-,78-/m1/s1. The second kappa shape index (κ2) is 72.3. The van der Waals surface area contributed by atoms with Gasteiger partial charge in [-0.2, -0.15) is 0 Å². The molecule has 0 aromatic carbocycles. The van der Waals surface area contributed by atoms with Crippen LogP contribution in [0.15, 0.2) is 0 Å². The summed E-state index contributed by atoms with van der Waals surface area (Å²) in [6, 6.07) is 0. The van der Waals surface area contributed by atoms with Crippen molar-refractivity contribution in [3.8, 4) is 0 Å². The summed E-state index contributed by atoms with van der Waals surface area (Å²) in [4.78, 5) is 73.1. The third-order valence-electron chi connectivity index (χ3n) is 19.9. The number of carbonyl (C=O) groups is 4. The van der Waals surface area contributed by atoms with Crippen molar-refractivity contribution in [3.63, 3.8) is 0 Å². The number of phosphoric ester groups is 2. The van der Waals surface area contributed by atoms with E-state index in [1.807, 2.05) is 0 Å². The maximum atomic E-state index is 13.1. The van der Waals surface area contributed by atoms with Crippen LogP contribution in [0.2, 0.25) is 0 Å². The molecule has 600 valence electrons. The molecular weight excluding hydrogens is 1320 g/mol. The predicted molar refractivity (Wildman–Crippen MR) is 414 cm³/mol. The Morgan fingerprint density at radius 2 is 0.505 bits per heavy atom. The van der Waals surface area contributed by atoms with Crippen molar-refractivity contribution in [2.75, 3.05) is 39.6 Å². The van der Waals surface area contributed by atoms with Crippen LogP contribution in [-0.2, 0) is 65.4 Å². The topological polar surface area (TPSA) is 237 Å². The zero-order chi connectivity index (χ0) is 74.4. The van der Waals surface area contributed by atoms with E-state index in [4.69, 9.17) is 37.0 Å². The highest BCUT2D eigenvalue weighted by molar-refractivity contribution is 7.47. The van der Waals surface area contributed by atoms with E-state index in [-0.39, 0.29) is 25.7 Å². The lowest BCUT2D eigenvalue weighted by atomic mass is 9.99. The minimum Gasteiger partial charge on any atom is -0.462 e. The average molecular weight is 1480 g/mol. The van der Waals surface area contributed by atoms with Gasteiger partial charge in [0.2, 0.25) is 0 Å². The molecule has 0 aromatic rings. The lowest BCUT2D eigenvalue weighted by Crippen LogP contribution is -2.30. The first-order chi connectivity index (χ1) is 48.8. The molecule has 0 radical (unpaired) electrons. The summed E-state index contributed by atoms with van der Waals surface area (Å²) in [5.41, 5.74) is 0. The fraction of sp³-hybridized carbons (Fsp3) is 0.951. The number of rotatable bonds is 80. The maximum Gasteiger partial charge on any atom is 0.472 e. The van der Waals surface area contributed by atoms with Gasteiger partial charge < -0.3 is 33.8 Å². The smallest absolute Gasteiger partial charge is 0.462 e. The highest BCUT2D eigenvalue weighted by Crippen LogP contribution is 2.45. The number of unbranched alkanes of at least 4 members (excludes halogenated alkanes) is 46. The van der Waals surface area contributed by atoms with E-state index in [0.29, 0.717) is 25.7 Å². The van der Waals surface area contributed by atoms with Crippen molar-refractivity contribution in [1.29, 1.82) is 0 Å². The second-order valence-electron chi connectivity index (χ2n) is 30.5. The molecule has 17 nitrogen and oxygen atoms in total. The molecule has 0 bridgehead atoms. The largest absolute Gasteiger partial charge is 0.472 e. The number of aliphatic hydroxyl groups is 1. The number of hydrogen-bond donors (Lipinski definition) is 3. The Labute approximate surface area is 619 Å². The molecule has 4 unspecified atom stereocenters. The molecule has 0 amide bonds. The molecule has 101 heavy (non-hydrogen) atoms.